The fourth-order valence-electron chi connectivity index (χ4n) is 4.00. The normalized spacial score (nSPS) is 22.3. The third kappa shape index (κ3) is 4.16. The number of nitrogens with zero attached hydrogens (tertiary/aromatic N) is 1. The highest BCUT2D eigenvalue weighted by atomic mass is 32.2. The lowest BCUT2D eigenvalue weighted by Gasteiger charge is -2.39. The summed E-state index contributed by atoms with van der Waals surface area (Å²) in [4.78, 5) is 14.3. The topological polar surface area (TPSA) is 110 Å². The van der Waals surface area contributed by atoms with Crippen molar-refractivity contribution < 1.29 is 35.9 Å². The minimum atomic E-state index is -4.75. The minimum Gasteiger partial charge on any atom is -0.392 e. The molecule has 1 aliphatic carbocycles. The SMILES string of the molecule is NC(=O)C1CCC(c2cc(CO)ccc2F)(S(=O)(=O)c2ccc(C(F)(F)F)nc2)CC1. The molecule has 1 aromatic carbocycles. The molecule has 1 aromatic heterocycles. The lowest BCUT2D eigenvalue weighted by atomic mass is 9.77. The van der Waals surface area contributed by atoms with Gasteiger partial charge in [-0.05, 0) is 55.5 Å². The van der Waals surface area contributed by atoms with E-state index in [1.54, 1.807) is 0 Å². The van der Waals surface area contributed by atoms with Gasteiger partial charge in [0.15, 0.2) is 9.84 Å². The van der Waals surface area contributed by atoms with E-state index in [9.17, 15) is 35.9 Å². The van der Waals surface area contributed by atoms with E-state index in [2.05, 4.69) is 4.98 Å². The Morgan fingerprint density at radius 2 is 1.84 bits per heavy atom. The van der Waals surface area contributed by atoms with Crippen molar-refractivity contribution in [2.45, 2.75) is 48.1 Å². The molecule has 2 aromatic rings. The van der Waals surface area contributed by atoms with Gasteiger partial charge >= 0.3 is 6.18 Å². The van der Waals surface area contributed by atoms with Crippen molar-refractivity contribution in [1.82, 2.24) is 4.98 Å². The molecule has 168 valence electrons. The smallest absolute Gasteiger partial charge is 0.392 e. The molecule has 1 heterocycles. The average Bonchev–Trinajstić information content (AvgIpc) is 2.73. The minimum absolute atomic E-state index is 0.0609. The van der Waals surface area contributed by atoms with Crippen LogP contribution in [0.4, 0.5) is 17.6 Å². The number of rotatable bonds is 5. The maximum atomic E-state index is 14.9. The molecule has 0 radical (unpaired) electrons. The fraction of sp³-hybridized carbons (Fsp3) is 0.400. The molecular formula is C20H20F4N2O4S. The van der Waals surface area contributed by atoms with Gasteiger partial charge in [0, 0.05) is 17.7 Å². The second-order valence-corrected chi connectivity index (χ2v) is 9.78. The largest absolute Gasteiger partial charge is 0.433 e. The van der Waals surface area contributed by atoms with Crippen LogP contribution in [-0.4, -0.2) is 24.4 Å². The number of primary amides is 1. The van der Waals surface area contributed by atoms with E-state index in [-0.39, 0.29) is 36.8 Å². The van der Waals surface area contributed by atoms with E-state index in [1.807, 2.05) is 0 Å². The number of benzene rings is 1. The molecule has 1 fully saturated rings. The molecule has 1 amide bonds. The van der Waals surface area contributed by atoms with Crippen molar-refractivity contribution in [1.29, 1.82) is 0 Å². The first-order valence-electron chi connectivity index (χ1n) is 9.39. The van der Waals surface area contributed by atoms with Gasteiger partial charge in [0.2, 0.25) is 5.91 Å². The number of carbonyl (C=O) groups is 1. The summed E-state index contributed by atoms with van der Waals surface area (Å²) in [7, 11) is -4.44. The number of aliphatic hydroxyl groups is 1. The van der Waals surface area contributed by atoms with Gasteiger partial charge in [-0.1, -0.05) is 6.07 Å². The first kappa shape index (κ1) is 23.1. The average molecular weight is 460 g/mol. The third-order valence-electron chi connectivity index (χ3n) is 5.75. The summed E-state index contributed by atoms with van der Waals surface area (Å²) in [5, 5.41) is 9.43. The summed E-state index contributed by atoms with van der Waals surface area (Å²) in [5.74, 6) is -2.04. The lowest BCUT2D eigenvalue weighted by Crippen LogP contribution is -2.42. The Hall–Kier alpha value is -2.53. The van der Waals surface area contributed by atoms with Gasteiger partial charge in [-0.15, -0.1) is 0 Å². The van der Waals surface area contributed by atoms with Gasteiger partial charge in [0.05, 0.1) is 11.5 Å². The Kier molecular flexibility index (Phi) is 6.12. The number of hydrogen-bond acceptors (Lipinski definition) is 5. The molecule has 0 unspecified atom stereocenters. The zero-order chi connectivity index (χ0) is 23.0. The monoisotopic (exact) mass is 460 g/mol. The standard InChI is InChI=1S/C20H20F4N2O4S/c21-16-3-1-12(11-27)9-15(16)19(7-5-13(6-8-19)18(25)28)31(29,30)14-2-4-17(26-10-14)20(22,23)24/h1-4,9-10,13,27H,5-8,11H2,(H2,25,28). The molecule has 0 bridgehead atoms. The van der Waals surface area contributed by atoms with Crippen molar-refractivity contribution >= 4 is 15.7 Å². The van der Waals surface area contributed by atoms with Crippen LogP contribution in [0.15, 0.2) is 41.4 Å². The number of hydrogen-bond donors (Lipinski definition) is 2. The summed E-state index contributed by atoms with van der Waals surface area (Å²) in [6.07, 6.45) is -4.36. The van der Waals surface area contributed by atoms with Crippen LogP contribution in [0.1, 0.15) is 42.5 Å². The van der Waals surface area contributed by atoms with Crippen molar-refractivity contribution in [2.24, 2.45) is 11.7 Å². The van der Waals surface area contributed by atoms with Gasteiger partial charge in [0.1, 0.15) is 16.3 Å². The Morgan fingerprint density at radius 1 is 1.19 bits per heavy atom. The van der Waals surface area contributed by atoms with Gasteiger partial charge in [-0.25, -0.2) is 12.8 Å². The number of nitrogens with two attached hydrogens (primary N) is 1. The Bertz CT molecular complexity index is 1080. The van der Waals surface area contributed by atoms with Gasteiger partial charge in [0.25, 0.3) is 0 Å². The van der Waals surface area contributed by atoms with Gasteiger partial charge in [-0.2, -0.15) is 13.2 Å². The second kappa shape index (κ2) is 8.19. The molecule has 6 nitrogen and oxygen atoms in total. The lowest BCUT2D eigenvalue weighted by molar-refractivity contribution is -0.141. The predicted octanol–water partition coefficient (Wildman–Crippen LogP) is 3.08. The highest BCUT2D eigenvalue weighted by molar-refractivity contribution is 7.92. The van der Waals surface area contributed by atoms with Gasteiger partial charge in [-0.3, -0.25) is 9.78 Å². The fourth-order valence-corrected chi connectivity index (χ4v) is 6.11. The van der Waals surface area contributed by atoms with Crippen LogP contribution in [0.25, 0.3) is 0 Å². The Labute approximate surface area is 176 Å². The van der Waals surface area contributed by atoms with Crippen LogP contribution in [0.2, 0.25) is 0 Å². The third-order valence-corrected chi connectivity index (χ3v) is 8.27. The summed E-state index contributed by atoms with van der Waals surface area (Å²) >= 11 is 0. The number of carbonyl (C=O) groups excluding carboxylic acids is 1. The summed E-state index contributed by atoms with van der Waals surface area (Å²) < 4.78 is 78.8. The first-order valence-corrected chi connectivity index (χ1v) is 10.9. The van der Waals surface area contributed by atoms with Crippen LogP contribution in [0, 0.1) is 11.7 Å². The molecule has 3 rings (SSSR count). The zero-order valence-corrected chi connectivity index (χ0v) is 17.0. The molecule has 1 aliphatic rings. The molecule has 0 saturated heterocycles. The van der Waals surface area contributed by atoms with E-state index in [0.29, 0.717) is 12.3 Å². The quantitative estimate of drug-likeness (QED) is 0.667. The maximum Gasteiger partial charge on any atom is 0.433 e. The van der Waals surface area contributed by atoms with Crippen LogP contribution in [0.3, 0.4) is 0 Å². The highest BCUT2D eigenvalue weighted by Crippen LogP contribution is 2.49. The molecule has 11 heteroatoms. The van der Waals surface area contributed by atoms with E-state index >= 15 is 0 Å². The Morgan fingerprint density at radius 3 is 2.32 bits per heavy atom. The second-order valence-electron chi connectivity index (χ2n) is 7.52. The number of halogens is 4. The summed E-state index contributed by atoms with van der Waals surface area (Å²) in [6, 6.07) is 4.91. The van der Waals surface area contributed by atoms with E-state index in [1.165, 1.54) is 12.1 Å². The number of aliphatic hydroxyl groups excluding tert-OH is 1. The highest BCUT2D eigenvalue weighted by Gasteiger charge is 2.51. The van der Waals surface area contributed by atoms with Crippen LogP contribution in [-0.2, 0) is 32.2 Å². The molecule has 1 saturated carbocycles. The van der Waals surface area contributed by atoms with E-state index in [0.717, 1.165) is 12.1 Å². The predicted molar refractivity (Wildman–Crippen MR) is 102 cm³/mol. The first-order chi connectivity index (χ1) is 14.4. The maximum absolute atomic E-state index is 14.9. The van der Waals surface area contributed by atoms with Crippen LogP contribution >= 0.6 is 0 Å². The van der Waals surface area contributed by atoms with Gasteiger partial charge < -0.3 is 10.8 Å². The molecule has 0 aliphatic heterocycles. The van der Waals surface area contributed by atoms with Crippen LogP contribution in [0.5, 0.6) is 0 Å². The van der Waals surface area contributed by atoms with E-state index < -0.39 is 55.6 Å². The van der Waals surface area contributed by atoms with Crippen molar-refractivity contribution in [2.75, 3.05) is 0 Å². The van der Waals surface area contributed by atoms with Crippen molar-refractivity contribution in [3.05, 3.63) is 59.2 Å². The number of pyridine rings is 1. The number of alkyl halides is 3. The molecule has 3 N–H and O–H groups in total. The van der Waals surface area contributed by atoms with Crippen molar-refractivity contribution in [3.63, 3.8) is 0 Å². The number of amides is 1. The molecule has 0 spiro atoms. The zero-order valence-electron chi connectivity index (χ0n) is 16.2. The van der Waals surface area contributed by atoms with E-state index in [4.69, 9.17) is 5.73 Å². The Balaban J connectivity index is 2.16. The van der Waals surface area contributed by atoms with Crippen LogP contribution < -0.4 is 5.73 Å². The summed E-state index contributed by atoms with van der Waals surface area (Å²) in [5.41, 5.74) is 4.14. The summed E-state index contributed by atoms with van der Waals surface area (Å²) in [6.45, 7) is -0.463. The molecule has 31 heavy (non-hydrogen) atoms. The number of sulfone groups is 1. The number of aromatic nitrogens is 1. The molecular weight excluding hydrogens is 440 g/mol. The molecule has 0 atom stereocenters. The van der Waals surface area contributed by atoms with Crippen molar-refractivity contribution in [3.8, 4) is 0 Å².